The second-order valence-corrected chi connectivity index (χ2v) is 6.86. The minimum absolute atomic E-state index is 0.0645. The van der Waals surface area contributed by atoms with Crippen LogP contribution in [0.1, 0.15) is 64.0 Å². The Morgan fingerprint density at radius 1 is 1.26 bits per heavy atom. The highest BCUT2D eigenvalue weighted by Gasteiger charge is 2.39. The molecule has 0 saturated carbocycles. The molecule has 0 aromatic heterocycles. The predicted molar refractivity (Wildman–Crippen MR) is 95.8 cm³/mol. The molecule has 2 aliphatic rings. The number of unbranched alkanes of at least 4 members (excludes halogenated alkanes) is 1. The second-order valence-electron chi connectivity index (χ2n) is 6.86. The number of benzene rings is 1. The number of rotatable bonds is 5. The first-order valence-electron chi connectivity index (χ1n) is 8.96. The molecule has 0 bridgehead atoms. The fraction of sp³-hybridized carbons (Fsp3) is 0.524. The highest BCUT2D eigenvalue weighted by atomic mass is 16.7. The maximum Gasteiger partial charge on any atom is 0.206 e. The van der Waals surface area contributed by atoms with Crippen LogP contribution in [-0.2, 0) is 9.47 Å². The molecule has 1 saturated heterocycles. The largest absolute Gasteiger partial charge is 0.468 e. The van der Waals surface area contributed by atoms with E-state index in [1.807, 2.05) is 0 Å². The van der Waals surface area contributed by atoms with Gasteiger partial charge in [0.15, 0.2) is 0 Å². The summed E-state index contributed by atoms with van der Waals surface area (Å²) in [6.45, 7) is 7.36. The highest BCUT2D eigenvalue weighted by Crippen LogP contribution is 2.45. The van der Waals surface area contributed by atoms with Crippen molar-refractivity contribution < 1.29 is 9.47 Å². The minimum atomic E-state index is -0.0645. The molecule has 2 heterocycles. The standard InChI is InChI=1S/C21H28O2/c1-4-5-12-19-20(18-11-8-13-22-21(18)23-19)17-10-7-6-9-16(17)14-15(2)3/h6-7,9-10,14,18,21H,4-5,8,11-13H2,1-3H3/t18-,21-/m1/s1. The van der Waals surface area contributed by atoms with Crippen LogP contribution in [0, 0.1) is 5.92 Å². The van der Waals surface area contributed by atoms with E-state index in [0.717, 1.165) is 19.4 Å². The van der Waals surface area contributed by atoms with Gasteiger partial charge in [-0.1, -0.05) is 49.3 Å². The van der Waals surface area contributed by atoms with E-state index < -0.39 is 0 Å². The lowest BCUT2D eigenvalue weighted by Gasteiger charge is -2.26. The predicted octanol–water partition coefficient (Wildman–Crippen LogP) is 5.79. The summed E-state index contributed by atoms with van der Waals surface area (Å²) in [5.41, 5.74) is 5.35. The Morgan fingerprint density at radius 2 is 2.09 bits per heavy atom. The molecule has 2 heteroatoms. The SMILES string of the molecule is CCCCC1=C(c2ccccc2C=C(C)C)[C@H]2CCCO[C@@H]2O1. The van der Waals surface area contributed by atoms with Crippen molar-refractivity contribution in [1.82, 2.24) is 0 Å². The van der Waals surface area contributed by atoms with Crippen LogP contribution < -0.4 is 0 Å². The Bertz CT molecular complexity index is 608. The van der Waals surface area contributed by atoms with Crippen molar-refractivity contribution in [3.8, 4) is 0 Å². The molecule has 23 heavy (non-hydrogen) atoms. The molecule has 2 atom stereocenters. The molecule has 3 rings (SSSR count). The van der Waals surface area contributed by atoms with Crippen LogP contribution >= 0.6 is 0 Å². The molecule has 0 unspecified atom stereocenters. The molecule has 0 aliphatic carbocycles. The van der Waals surface area contributed by atoms with Gasteiger partial charge in [-0.25, -0.2) is 0 Å². The number of hydrogen-bond acceptors (Lipinski definition) is 2. The molecule has 0 radical (unpaired) electrons. The zero-order chi connectivity index (χ0) is 16.2. The van der Waals surface area contributed by atoms with Gasteiger partial charge in [0.1, 0.15) is 5.76 Å². The summed E-state index contributed by atoms with van der Waals surface area (Å²) < 4.78 is 12.1. The van der Waals surface area contributed by atoms with Gasteiger partial charge in [-0.3, -0.25) is 0 Å². The smallest absolute Gasteiger partial charge is 0.206 e. The average molecular weight is 312 g/mol. The quantitative estimate of drug-likeness (QED) is 0.684. The highest BCUT2D eigenvalue weighted by molar-refractivity contribution is 5.78. The van der Waals surface area contributed by atoms with Gasteiger partial charge in [0.05, 0.1) is 12.5 Å². The van der Waals surface area contributed by atoms with E-state index in [0.29, 0.717) is 5.92 Å². The fourth-order valence-electron chi connectivity index (χ4n) is 3.62. The molecule has 1 aromatic carbocycles. The first kappa shape index (κ1) is 16.3. The van der Waals surface area contributed by atoms with Gasteiger partial charge in [0, 0.05) is 12.0 Å². The van der Waals surface area contributed by atoms with Crippen molar-refractivity contribution in [2.75, 3.05) is 6.61 Å². The molecule has 1 aromatic rings. The zero-order valence-corrected chi connectivity index (χ0v) is 14.6. The van der Waals surface area contributed by atoms with Gasteiger partial charge in [0.25, 0.3) is 0 Å². The Balaban J connectivity index is 2.04. The first-order valence-corrected chi connectivity index (χ1v) is 8.96. The van der Waals surface area contributed by atoms with Crippen LogP contribution in [0.15, 0.2) is 35.6 Å². The number of fused-ring (bicyclic) bond motifs is 1. The molecule has 0 N–H and O–H groups in total. The van der Waals surface area contributed by atoms with Gasteiger partial charge in [0.2, 0.25) is 6.29 Å². The molecule has 0 spiro atoms. The molecular weight excluding hydrogens is 284 g/mol. The molecule has 124 valence electrons. The Kier molecular flexibility index (Phi) is 5.22. The molecule has 1 fully saturated rings. The van der Waals surface area contributed by atoms with E-state index in [1.165, 1.54) is 47.3 Å². The number of hydrogen-bond donors (Lipinski definition) is 0. The van der Waals surface area contributed by atoms with Crippen LogP contribution in [0.2, 0.25) is 0 Å². The minimum Gasteiger partial charge on any atom is -0.468 e. The Hall–Kier alpha value is -1.54. The summed E-state index contributed by atoms with van der Waals surface area (Å²) in [6, 6.07) is 8.72. The number of allylic oxidation sites excluding steroid dienone is 2. The summed E-state index contributed by atoms with van der Waals surface area (Å²) in [4.78, 5) is 0. The van der Waals surface area contributed by atoms with E-state index in [-0.39, 0.29) is 6.29 Å². The second kappa shape index (κ2) is 7.35. The Labute approximate surface area is 140 Å². The van der Waals surface area contributed by atoms with Gasteiger partial charge < -0.3 is 9.47 Å². The Morgan fingerprint density at radius 3 is 2.87 bits per heavy atom. The lowest BCUT2D eigenvalue weighted by atomic mass is 9.85. The maximum absolute atomic E-state index is 6.23. The van der Waals surface area contributed by atoms with E-state index in [4.69, 9.17) is 9.47 Å². The third-order valence-electron chi connectivity index (χ3n) is 4.65. The normalized spacial score (nSPS) is 23.4. The average Bonchev–Trinajstić information content (AvgIpc) is 2.91. The van der Waals surface area contributed by atoms with Crippen molar-refractivity contribution >= 4 is 11.6 Å². The van der Waals surface area contributed by atoms with Crippen molar-refractivity contribution in [3.05, 3.63) is 46.7 Å². The third-order valence-corrected chi connectivity index (χ3v) is 4.65. The van der Waals surface area contributed by atoms with Crippen molar-refractivity contribution in [3.63, 3.8) is 0 Å². The lowest BCUT2D eigenvalue weighted by Crippen LogP contribution is -2.27. The maximum atomic E-state index is 6.23. The molecule has 2 aliphatic heterocycles. The first-order chi connectivity index (χ1) is 11.2. The van der Waals surface area contributed by atoms with E-state index >= 15 is 0 Å². The van der Waals surface area contributed by atoms with Crippen LogP contribution in [0.3, 0.4) is 0 Å². The molecular formula is C21H28O2. The fourth-order valence-corrected chi connectivity index (χ4v) is 3.62. The van der Waals surface area contributed by atoms with E-state index in [1.54, 1.807) is 0 Å². The van der Waals surface area contributed by atoms with Crippen LogP contribution in [-0.4, -0.2) is 12.9 Å². The van der Waals surface area contributed by atoms with Crippen molar-refractivity contribution in [2.45, 2.75) is 59.2 Å². The van der Waals surface area contributed by atoms with Crippen LogP contribution in [0.25, 0.3) is 11.6 Å². The van der Waals surface area contributed by atoms with Crippen molar-refractivity contribution in [2.24, 2.45) is 5.92 Å². The zero-order valence-electron chi connectivity index (χ0n) is 14.6. The number of ether oxygens (including phenoxy) is 2. The molecule has 0 amide bonds. The summed E-state index contributed by atoms with van der Waals surface area (Å²) in [5.74, 6) is 1.56. The lowest BCUT2D eigenvalue weighted by molar-refractivity contribution is -0.144. The van der Waals surface area contributed by atoms with Crippen LogP contribution in [0.5, 0.6) is 0 Å². The van der Waals surface area contributed by atoms with Crippen molar-refractivity contribution in [1.29, 1.82) is 0 Å². The van der Waals surface area contributed by atoms with Gasteiger partial charge >= 0.3 is 0 Å². The van der Waals surface area contributed by atoms with Crippen LogP contribution in [0.4, 0.5) is 0 Å². The third kappa shape index (κ3) is 3.53. The topological polar surface area (TPSA) is 18.5 Å². The summed E-state index contributed by atoms with van der Waals surface area (Å²) >= 11 is 0. The van der Waals surface area contributed by atoms with E-state index in [9.17, 15) is 0 Å². The summed E-state index contributed by atoms with van der Waals surface area (Å²) in [5, 5.41) is 0. The van der Waals surface area contributed by atoms with Gasteiger partial charge in [-0.2, -0.15) is 0 Å². The molecule has 2 nitrogen and oxygen atoms in total. The van der Waals surface area contributed by atoms with Gasteiger partial charge in [-0.15, -0.1) is 0 Å². The monoisotopic (exact) mass is 312 g/mol. The summed E-state index contributed by atoms with van der Waals surface area (Å²) in [7, 11) is 0. The van der Waals surface area contributed by atoms with Gasteiger partial charge in [-0.05, 0) is 44.2 Å². The summed E-state index contributed by atoms with van der Waals surface area (Å²) in [6.07, 6.45) is 7.88. The van der Waals surface area contributed by atoms with E-state index in [2.05, 4.69) is 51.1 Å².